The van der Waals surface area contributed by atoms with Crippen molar-refractivity contribution in [3.05, 3.63) is 30.5 Å². The van der Waals surface area contributed by atoms with Crippen LogP contribution in [0, 0.1) is 0 Å². The van der Waals surface area contributed by atoms with E-state index in [2.05, 4.69) is 33.4 Å². The SMILES string of the molecule is COC(=O)CN(C)c1nccc2cccc(N3CCNCC3)c12. The molecular weight excluding hydrogens is 292 g/mol. The van der Waals surface area contributed by atoms with Crippen molar-refractivity contribution in [2.75, 3.05) is 56.7 Å². The van der Waals surface area contributed by atoms with Gasteiger partial charge in [0.2, 0.25) is 0 Å². The molecule has 3 rings (SSSR count). The van der Waals surface area contributed by atoms with Crippen LogP contribution in [0.2, 0.25) is 0 Å². The van der Waals surface area contributed by atoms with Gasteiger partial charge in [-0.05, 0) is 17.5 Å². The predicted molar refractivity (Wildman–Crippen MR) is 92.1 cm³/mol. The van der Waals surface area contributed by atoms with Gasteiger partial charge in [0, 0.05) is 50.5 Å². The topological polar surface area (TPSA) is 57.7 Å². The van der Waals surface area contributed by atoms with Crippen molar-refractivity contribution in [2.45, 2.75) is 0 Å². The molecule has 2 aromatic rings. The van der Waals surface area contributed by atoms with Gasteiger partial charge in [0.15, 0.2) is 0 Å². The molecule has 6 nitrogen and oxygen atoms in total. The summed E-state index contributed by atoms with van der Waals surface area (Å²) in [6, 6.07) is 8.29. The number of benzene rings is 1. The van der Waals surface area contributed by atoms with E-state index in [1.165, 1.54) is 12.8 Å². The highest BCUT2D eigenvalue weighted by Crippen LogP contribution is 2.33. The normalized spacial score (nSPS) is 14.8. The quantitative estimate of drug-likeness (QED) is 0.857. The second-order valence-corrected chi connectivity index (χ2v) is 5.68. The molecule has 1 fully saturated rings. The summed E-state index contributed by atoms with van der Waals surface area (Å²) in [5.41, 5.74) is 1.17. The minimum atomic E-state index is -0.272. The van der Waals surface area contributed by atoms with Crippen molar-refractivity contribution in [3.63, 3.8) is 0 Å². The number of nitrogens with zero attached hydrogens (tertiary/aromatic N) is 3. The van der Waals surface area contributed by atoms with Gasteiger partial charge in [0.25, 0.3) is 0 Å². The molecule has 6 heteroatoms. The standard InChI is InChI=1S/C17H22N4O2/c1-20(12-15(22)23-2)17-16-13(6-7-19-17)4-3-5-14(16)21-10-8-18-9-11-21/h3-7,18H,8-12H2,1-2H3. The average molecular weight is 314 g/mol. The fourth-order valence-electron chi connectivity index (χ4n) is 2.98. The first-order valence-corrected chi connectivity index (χ1v) is 7.82. The molecule has 122 valence electrons. The molecule has 0 saturated carbocycles. The third kappa shape index (κ3) is 3.22. The number of aromatic nitrogens is 1. The molecule has 0 aliphatic carbocycles. The van der Waals surface area contributed by atoms with E-state index in [9.17, 15) is 4.79 Å². The Labute approximate surface area is 136 Å². The molecule has 0 spiro atoms. The fourth-order valence-corrected chi connectivity index (χ4v) is 2.98. The summed E-state index contributed by atoms with van der Waals surface area (Å²) in [6.45, 7) is 4.06. The summed E-state index contributed by atoms with van der Waals surface area (Å²) >= 11 is 0. The number of hydrogen-bond acceptors (Lipinski definition) is 6. The molecule has 0 atom stereocenters. The van der Waals surface area contributed by atoms with E-state index in [4.69, 9.17) is 4.74 Å². The zero-order chi connectivity index (χ0) is 16.2. The van der Waals surface area contributed by atoms with Crippen LogP contribution in [0.1, 0.15) is 0 Å². The Morgan fingerprint density at radius 1 is 1.35 bits per heavy atom. The van der Waals surface area contributed by atoms with E-state index >= 15 is 0 Å². The van der Waals surface area contributed by atoms with Gasteiger partial charge >= 0.3 is 5.97 Å². The third-order valence-corrected chi connectivity index (χ3v) is 4.16. The molecule has 0 bridgehead atoms. The number of pyridine rings is 1. The summed E-state index contributed by atoms with van der Waals surface area (Å²) in [5, 5.41) is 5.59. The first-order chi connectivity index (χ1) is 11.2. The van der Waals surface area contributed by atoms with E-state index in [1.807, 2.05) is 18.0 Å². The summed E-state index contributed by atoms with van der Waals surface area (Å²) < 4.78 is 4.77. The van der Waals surface area contributed by atoms with Crippen molar-refractivity contribution in [3.8, 4) is 0 Å². The summed E-state index contributed by atoms with van der Waals surface area (Å²) in [4.78, 5) is 20.4. The Kier molecular flexibility index (Phi) is 4.62. The fraction of sp³-hybridized carbons (Fsp3) is 0.412. The van der Waals surface area contributed by atoms with Crippen molar-refractivity contribution in [1.29, 1.82) is 0 Å². The van der Waals surface area contributed by atoms with Gasteiger partial charge in [-0.2, -0.15) is 0 Å². The lowest BCUT2D eigenvalue weighted by Gasteiger charge is -2.31. The number of likely N-dealkylation sites (N-methyl/N-ethyl adjacent to an activating group) is 1. The van der Waals surface area contributed by atoms with E-state index in [0.717, 1.165) is 42.8 Å². The van der Waals surface area contributed by atoms with E-state index in [0.29, 0.717) is 0 Å². The number of methoxy groups -OCH3 is 1. The number of rotatable bonds is 4. The molecule has 0 radical (unpaired) electrons. The number of carbonyl (C=O) groups excluding carboxylic acids is 1. The van der Waals surface area contributed by atoms with Gasteiger partial charge in [0.05, 0.1) is 7.11 Å². The molecule has 0 amide bonds. The zero-order valence-corrected chi connectivity index (χ0v) is 13.6. The molecule has 0 unspecified atom stereocenters. The monoisotopic (exact) mass is 314 g/mol. The first kappa shape index (κ1) is 15.6. The van der Waals surface area contributed by atoms with Gasteiger partial charge in [-0.25, -0.2) is 4.98 Å². The van der Waals surface area contributed by atoms with Crippen LogP contribution in [0.4, 0.5) is 11.5 Å². The first-order valence-electron chi connectivity index (χ1n) is 7.82. The Hall–Kier alpha value is -2.34. The highest BCUT2D eigenvalue weighted by Gasteiger charge is 2.18. The number of piperazine rings is 1. The van der Waals surface area contributed by atoms with Crippen LogP contribution >= 0.6 is 0 Å². The number of esters is 1. The maximum atomic E-state index is 11.6. The second-order valence-electron chi connectivity index (χ2n) is 5.68. The maximum absolute atomic E-state index is 11.6. The van der Waals surface area contributed by atoms with Crippen molar-refractivity contribution >= 4 is 28.2 Å². The van der Waals surface area contributed by atoms with Crippen LogP contribution in [-0.4, -0.2) is 57.8 Å². The summed E-state index contributed by atoms with van der Waals surface area (Å²) in [5.74, 6) is 0.535. The van der Waals surface area contributed by atoms with Crippen LogP contribution in [0.3, 0.4) is 0 Å². The Morgan fingerprint density at radius 3 is 2.87 bits per heavy atom. The Balaban J connectivity index is 2.05. The number of nitrogens with one attached hydrogen (secondary N) is 1. The molecule has 1 aromatic heterocycles. The van der Waals surface area contributed by atoms with Gasteiger partial charge in [0.1, 0.15) is 12.4 Å². The minimum Gasteiger partial charge on any atom is -0.468 e. The summed E-state index contributed by atoms with van der Waals surface area (Å²) in [6.07, 6.45) is 1.78. The molecule has 1 N–H and O–H groups in total. The van der Waals surface area contributed by atoms with Crippen LogP contribution in [-0.2, 0) is 9.53 Å². The van der Waals surface area contributed by atoms with Gasteiger partial charge in [-0.3, -0.25) is 4.79 Å². The van der Waals surface area contributed by atoms with Crippen LogP contribution in [0.5, 0.6) is 0 Å². The second kappa shape index (κ2) is 6.83. The molecule has 1 aliphatic heterocycles. The van der Waals surface area contributed by atoms with Crippen molar-refractivity contribution in [2.24, 2.45) is 0 Å². The zero-order valence-electron chi connectivity index (χ0n) is 13.6. The van der Waals surface area contributed by atoms with Crippen LogP contribution in [0.25, 0.3) is 10.8 Å². The highest BCUT2D eigenvalue weighted by molar-refractivity contribution is 6.02. The minimum absolute atomic E-state index is 0.179. The number of ether oxygens (including phenoxy) is 1. The molecule has 1 aromatic carbocycles. The lowest BCUT2D eigenvalue weighted by Crippen LogP contribution is -2.43. The Bertz CT molecular complexity index is 693. The molecular formula is C17H22N4O2. The number of anilines is 2. The number of carbonyl (C=O) groups is 1. The smallest absolute Gasteiger partial charge is 0.325 e. The molecule has 2 heterocycles. The maximum Gasteiger partial charge on any atom is 0.325 e. The van der Waals surface area contributed by atoms with Crippen LogP contribution in [0.15, 0.2) is 30.5 Å². The van der Waals surface area contributed by atoms with Crippen molar-refractivity contribution in [1.82, 2.24) is 10.3 Å². The largest absolute Gasteiger partial charge is 0.468 e. The summed E-state index contributed by atoms with van der Waals surface area (Å²) in [7, 11) is 3.27. The third-order valence-electron chi connectivity index (χ3n) is 4.16. The molecule has 23 heavy (non-hydrogen) atoms. The molecule has 1 aliphatic rings. The number of fused-ring (bicyclic) bond motifs is 1. The number of hydrogen-bond donors (Lipinski definition) is 1. The molecule has 1 saturated heterocycles. The van der Waals surface area contributed by atoms with Crippen molar-refractivity contribution < 1.29 is 9.53 Å². The van der Waals surface area contributed by atoms with Gasteiger partial charge in [-0.1, -0.05) is 12.1 Å². The Morgan fingerprint density at radius 2 is 2.13 bits per heavy atom. The predicted octanol–water partition coefficient (Wildman–Crippen LogP) is 1.25. The average Bonchev–Trinajstić information content (AvgIpc) is 2.61. The lowest BCUT2D eigenvalue weighted by molar-refractivity contribution is -0.138. The van der Waals surface area contributed by atoms with Crippen LogP contribution < -0.4 is 15.1 Å². The van der Waals surface area contributed by atoms with E-state index < -0.39 is 0 Å². The van der Waals surface area contributed by atoms with E-state index in [-0.39, 0.29) is 12.5 Å². The lowest BCUT2D eigenvalue weighted by atomic mass is 10.1. The van der Waals surface area contributed by atoms with E-state index in [1.54, 1.807) is 6.20 Å². The highest BCUT2D eigenvalue weighted by atomic mass is 16.5. The van der Waals surface area contributed by atoms with Gasteiger partial charge in [-0.15, -0.1) is 0 Å². The van der Waals surface area contributed by atoms with Gasteiger partial charge < -0.3 is 19.9 Å².